The molecule has 0 radical (unpaired) electrons. The normalized spacial score (nSPS) is 37.1. The highest BCUT2D eigenvalue weighted by atomic mass is 19.3. The summed E-state index contributed by atoms with van der Waals surface area (Å²) in [5.41, 5.74) is 6.21. The third kappa shape index (κ3) is 4.03. The zero-order chi connectivity index (χ0) is 21.4. The largest absolute Gasteiger partial charge is 0.368 e. The number of guanidine groups is 1. The van der Waals surface area contributed by atoms with E-state index >= 15 is 0 Å². The van der Waals surface area contributed by atoms with Gasteiger partial charge in [-0.2, -0.15) is 8.78 Å². The summed E-state index contributed by atoms with van der Waals surface area (Å²) < 4.78 is 30.2. The summed E-state index contributed by atoms with van der Waals surface area (Å²) >= 11 is 0. The third-order valence-corrected chi connectivity index (χ3v) is 6.62. The Morgan fingerprint density at radius 3 is 2.63 bits per heavy atom. The molecule has 1 atom stereocenters. The molecule has 0 aromatic heterocycles. The van der Waals surface area contributed by atoms with Crippen LogP contribution in [0.15, 0.2) is 40.9 Å². The fourth-order valence-corrected chi connectivity index (χ4v) is 4.76. The molecule has 30 heavy (non-hydrogen) atoms. The highest BCUT2D eigenvalue weighted by Crippen LogP contribution is 2.56. The third-order valence-electron chi connectivity index (χ3n) is 6.62. The van der Waals surface area contributed by atoms with Crippen LogP contribution >= 0.6 is 0 Å². The van der Waals surface area contributed by atoms with Crippen molar-refractivity contribution >= 4 is 5.96 Å². The minimum atomic E-state index is -2.76. The highest BCUT2D eigenvalue weighted by molar-refractivity contribution is 5.79. The number of rotatable bonds is 2. The molecule has 2 spiro atoms. The van der Waals surface area contributed by atoms with Gasteiger partial charge in [-0.05, 0) is 57.4 Å². The summed E-state index contributed by atoms with van der Waals surface area (Å²) in [7, 11) is 1.72. The number of hydrogen-bond donors (Lipinski definition) is 1. The summed E-state index contributed by atoms with van der Waals surface area (Å²) in [6, 6.07) is 0. The maximum Gasteiger partial charge on any atom is 0.345 e. The number of allylic oxidation sites excluding steroid dienone is 3. The lowest BCUT2D eigenvalue weighted by atomic mass is 9.62. The van der Waals surface area contributed by atoms with E-state index in [4.69, 9.17) is 20.3 Å². The van der Waals surface area contributed by atoms with Crippen LogP contribution in [0.25, 0.3) is 0 Å². The second-order valence-corrected chi connectivity index (χ2v) is 8.69. The average Bonchev–Trinajstić information content (AvgIpc) is 3.47. The van der Waals surface area contributed by atoms with E-state index in [-0.39, 0.29) is 5.96 Å². The molecule has 5 nitrogen and oxygen atoms in total. The number of nitrogens with two attached hydrogens (primary N) is 1. The second kappa shape index (κ2) is 8.16. The molecule has 2 N–H and O–H groups in total. The Bertz CT molecular complexity index is 842. The topological polar surface area (TPSA) is 60.1 Å². The Balaban J connectivity index is 1.69. The van der Waals surface area contributed by atoms with Crippen LogP contribution in [0.3, 0.4) is 0 Å². The van der Waals surface area contributed by atoms with Crippen LogP contribution in [0.5, 0.6) is 0 Å². The van der Waals surface area contributed by atoms with Crippen LogP contribution in [0.4, 0.5) is 8.78 Å². The SMILES string of the molecule is C=C1/C=C(C#CC2CC2)\C=C/CCC2(CCC(OC(F)F)CC2)C12N=C(N)N(C)O2. The van der Waals surface area contributed by atoms with Gasteiger partial charge in [0, 0.05) is 29.5 Å². The summed E-state index contributed by atoms with van der Waals surface area (Å²) in [6.07, 6.45) is 11.9. The van der Waals surface area contributed by atoms with Crippen molar-refractivity contribution in [1.29, 1.82) is 0 Å². The van der Waals surface area contributed by atoms with Gasteiger partial charge in [0.2, 0.25) is 11.7 Å². The van der Waals surface area contributed by atoms with Crippen LogP contribution in [0, 0.1) is 23.2 Å². The van der Waals surface area contributed by atoms with E-state index in [9.17, 15) is 8.78 Å². The number of hydrogen-bond acceptors (Lipinski definition) is 5. The minimum Gasteiger partial charge on any atom is -0.368 e. The lowest BCUT2D eigenvalue weighted by Gasteiger charge is -2.49. The molecule has 4 rings (SSSR count). The van der Waals surface area contributed by atoms with Crippen LogP contribution in [-0.4, -0.2) is 36.5 Å². The van der Waals surface area contributed by atoms with E-state index in [1.54, 1.807) is 7.05 Å². The Labute approximate surface area is 176 Å². The number of fused-ring (bicyclic) bond motifs is 1. The molecule has 2 saturated carbocycles. The maximum atomic E-state index is 12.7. The molecule has 4 aliphatic rings. The number of aliphatic imine (C=N–C) groups is 1. The predicted molar refractivity (Wildman–Crippen MR) is 111 cm³/mol. The van der Waals surface area contributed by atoms with E-state index in [1.165, 1.54) is 5.06 Å². The Morgan fingerprint density at radius 2 is 2.03 bits per heavy atom. The number of halogens is 2. The van der Waals surface area contributed by atoms with Gasteiger partial charge in [0.25, 0.3) is 0 Å². The number of alkyl halides is 2. The molecular formula is C23H29F2N3O2. The molecule has 0 aromatic rings. The van der Waals surface area contributed by atoms with Gasteiger partial charge in [-0.25, -0.2) is 14.9 Å². The van der Waals surface area contributed by atoms with Crippen LogP contribution in [0.2, 0.25) is 0 Å². The number of hydroxylamine groups is 2. The first-order valence-electron chi connectivity index (χ1n) is 10.6. The van der Waals surface area contributed by atoms with Crippen LogP contribution in [0.1, 0.15) is 51.4 Å². The quantitative estimate of drug-likeness (QED) is 0.681. The van der Waals surface area contributed by atoms with E-state index in [0.29, 0.717) is 37.2 Å². The molecule has 0 bridgehead atoms. The molecule has 3 aliphatic carbocycles. The van der Waals surface area contributed by atoms with Gasteiger partial charge in [-0.3, -0.25) is 0 Å². The molecule has 0 aromatic carbocycles. The smallest absolute Gasteiger partial charge is 0.345 e. The predicted octanol–water partition coefficient (Wildman–Crippen LogP) is 4.29. The zero-order valence-corrected chi connectivity index (χ0v) is 17.4. The lowest BCUT2D eigenvalue weighted by Crippen LogP contribution is -2.52. The van der Waals surface area contributed by atoms with Crippen LogP contribution < -0.4 is 5.73 Å². The lowest BCUT2D eigenvalue weighted by molar-refractivity contribution is -0.224. The van der Waals surface area contributed by atoms with Gasteiger partial charge in [0.15, 0.2) is 0 Å². The first kappa shape index (κ1) is 21.1. The van der Waals surface area contributed by atoms with Crippen molar-refractivity contribution in [3.63, 3.8) is 0 Å². The van der Waals surface area contributed by atoms with Gasteiger partial charge >= 0.3 is 6.61 Å². The Hall–Kier alpha value is -2.17. The van der Waals surface area contributed by atoms with Gasteiger partial charge in [-0.15, -0.1) is 0 Å². The Kier molecular flexibility index (Phi) is 5.73. The van der Waals surface area contributed by atoms with E-state index in [0.717, 1.165) is 31.3 Å². The second-order valence-electron chi connectivity index (χ2n) is 8.69. The number of nitrogens with zero attached hydrogens (tertiary/aromatic N) is 2. The molecule has 1 unspecified atom stereocenters. The summed E-state index contributed by atoms with van der Waals surface area (Å²) in [5.74, 6) is 7.35. The van der Waals surface area contributed by atoms with Crippen molar-refractivity contribution < 1.29 is 18.4 Å². The molecule has 1 aliphatic heterocycles. The molecule has 0 amide bonds. The van der Waals surface area contributed by atoms with E-state index in [2.05, 4.69) is 24.5 Å². The minimum absolute atomic E-state index is 0.285. The Morgan fingerprint density at radius 1 is 1.30 bits per heavy atom. The highest BCUT2D eigenvalue weighted by Gasteiger charge is 2.59. The average molecular weight is 418 g/mol. The van der Waals surface area contributed by atoms with Crippen LogP contribution in [-0.2, 0) is 9.57 Å². The standard InChI is InChI=1S/C23H29F2N3O2/c1-16-15-18(9-8-17-6-7-17)5-3-4-12-22(23(16)27-21(26)28(2)30-23)13-10-19(11-14-22)29-20(24)25/h3,5,15,17,19-20H,1,4,6-7,10-14H2,2H3,(H2,26,27)/b5-3-,18-15+. The first-order valence-corrected chi connectivity index (χ1v) is 10.6. The van der Waals surface area contributed by atoms with Gasteiger partial charge < -0.3 is 10.5 Å². The van der Waals surface area contributed by atoms with Crippen molar-refractivity contribution in [3.8, 4) is 11.8 Å². The fraction of sp³-hybridized carbons (Fsp3) is 0.609. The van der Waals surface area contributed by atoms with E-state index < -0.39 is 23.9 Å². The van der Waals surface area contributed by atoms with Gasteiger partial charge in [-0.1, -0.05) is 30.6 Å². The summed E-state index contributed by atoms with van der Waals surface area (Å²) in [6.45, 7) is 1.57. The van der Waals surface area contributed by atoms with Gasteiger partial charge in [0.1, 0.15) is 0 Å². The molecule has 162 valence electrons. The first-order chi connectivity index (χ1) is 14.3. The molecular weight excluding hydrogens is 388 g/mol. The number of ether oxygens (including phenoxy) is 1. The summed E-state index contributed by atoms with van der Waals surface area (Å²) in [4.78, 5) is 11.1. The summed E-state index contributed by atoms with van der Waals surface area (Å²) in [5, 5.41) is 1.48. The monoisotopic (exact) mass is 417 g/mol. The molecule has 2 fully saturated rings. The van der Waals surface area contributed by atoms with Crippen molar-refractivity contribution in [2.45, 2.75) is 69.8 Å². The molecule has 1 heterocycles. The molecule has 7 heteroatoms. The molecule has 0 saturated heterocycles. The van der Waals surface area contributed by atoms with E-state index in [1.807, 2.05) is 12.2 Å². The van der Waals surface area contributed by atoms with Crippen molar-refractivity contribution in [2.75, 3.05) is 7.05 Å². The maximum absolute atomic E-state index is 12.7. The van der Waals surface area contributed by atoms with Crippen molar-refractivity contribution in [2.24, 2.45) is 22.1 Å². The van der Waals surface area contributed by atoms with Crippen molar-refractivity contribution in [3.05, 3.63) is 36.0 Å². The van der Waals surface area contributed by atoms with Gasteiger partial charge in [0.05, 0.1) is 6.10 Å². The fourth-order valence-electron chi connectivity index (χ4n) is 4.76. The zero-order valence-electron chi connectivity index (χ0n) is 17.4. The van der Waals surface area contributed by atoms with Crippen molar-refractivity contribution in [1.82, 2.24) is 5.06 Å².